The largest absolute Gasteiger partial charge is 0.240 e. The fraction of sp³-hybridized carbons (Fsp3) is 0.294. The molecule has 1 N–H and O–H groups in total. The molecule has 3 nitrogen and oxygen atoms in total. The average molecular weight is 319 g/mol. The van der Waals surface area contributed by atoms with E-state index in [9.17, 15) is 12.8 Å². The van der Waals surface area contributed by atoms with Gasteiger partial charge in [-0.15, -0.1) is 0 Å². The smallest absolute Gasteiger partial charge is 0.211 e. The van der Waals surface area contributed by atoms with E-state index in [1.807, 2.05) is 6.07 Å². The summed E-state index contributed by atoms with van der Waals surface area (Å²) in [6.07, 6.45) is 3.38. The third-order valence-electron chi connectivity index (χ3n) is 4.02. The van der Waals surface area contributed by atoms with Crippen LogP contribution >= 0.6 is 0 Å². The second-order valence-corrected chi connectivity index (χ2v) is 7.29. The van der Waals surface area contributed by atoms with Crippen LogP contribution in [-0.4, -0.2) is 15.0 Å². The van der Waals surface area contributed by atoms with Crippen LogP contribution in [0.4, 0.5) is 4.39 Å². The van der Waals surface area contributed by atoms with E-state index in [0.29, 0.717) is 16.9 Å². The van der Waals surface area contributed by atoms with Crippen LogP contribution in [0.25, 0.3) is 0 Å². The zero-order chi connectivity index (χ0) is 15.6. The average Bonchev–Trinajstić information content (AvgIpc) is 2.96. The van der Waals surface area contributed by atoms with Crippen LogP contribution in [0.3, 0.4) is 0 Å². The van der Waals surface area contributed by atoms with Crippen molar-refractivity contribution in [1.82, 2.24) is 4.72 Å². The Morgan fingerprint density at radius 2 is 1.82 bits per heavy atom. The topological polar surface area (TPSA) is 46.2 Å². The van der Waals surface area contributed by atoms with Gasteiger partial charge in [-0.3, -0.25) is 0 Å². The molecule has 0 saturated heterocycles. The van der Waals surface area contributed by atoms with Crippen molar-refractivity contribution in [3.05, 3.63) is 65.0 Å². The zero-order valence-corrected chi connectivity index (χ0v) is 13.0. The molecule has 0 atom stereocenters. The number of benzene rings is 2. The van der Waals surface area contributed by atoms with E-state index in [0.717, 1.165) is 24.8 Å². The number of sulfonamides is 1. The van der Waals surface area contributed by atoms with Crippen molar-refractivity contribution in [2.24, 2.45) is 0 Å². The lowest BCUT2D eigenvalue weighted by Gasteiger charge is -2.09. The summed E-state index contributed by atoms with van der Waals surface area (Å²) in [4.78, 5) is 0.293. The Morgan fingerprint density at radius 3 is 2.64 bits per heavy atom. The lowest BCUT2D eigenvalue weighted by Crippen LogP contribution is -2.26. The van der Waals surface area contributed by atoms with Crippen LogP contribution in [0.1, 0.15) is 23.1 Å². The Bertz CT molecular complexity index is 787. The molecular weight excluding hydrogens is 301 g/mol. The van der Waals surface area contributed by atoms with E-state index in [1.165, 1.54) is 11.6 Å². The highest BCUT2D eigenvalue weighted by atomic mass is 32.2. The van der Waals surface area contributed by atoms with Crippen molar-refractivity contribution in [3.8, 4) is 0 Å². The lowest BCUT2D eigenvalue weighted by molar-refractivity contribution is 0.577. The van der Waals surface area contributed by atoms with Gasteiger partial charge < -0.3 is 0 Å². The van der Waals surface area contributed by atoms with Crippen LogP contribution in [0.15, 0.2) is 47.4 Å². The standard InChI is InChI=1S/C17H18FNO2S/c18-17-7-2-1-4-14(17)10-11-19-22(20,21)16-9-8-13-5-3-6-15(13)12-16/h1-2,4,7-9,12,19H,3,5-6,10-11H2. The van der Waals surface area contributed by atoms with Crippen molar-refractivity contribution < 1.29 is 12.8 Å². The maximum atomic E-state index is 13.5. The van der Waals surface area contributed by atoms with Crippen LogP contribution < -0.4 is 4.72 Å². The highest BCUT2D eigenvalue weighted by Gasteiger charge is 2.18. The Morgan fingerprint density at radius 1 is 1.05 bits per heavy atom. The van der Waals surface area contributed by atoms with Gasteiger partial charge in [0, 0.05) is 6.54 Å². The maximum absolute atomic E-state index is 13.5. The molecule has 1 aliphatic carbocycles. The Labute approximate surface area is 130 Å². The normalized spacial score (nSPS) is 14.0. The molecule has 2 aromatic carbocycles. The summed E-state index contributed by atoms with van der Waals surface area (Å²) in [5.74, 6) is -0.306. The second-order valence-electron chi connectivity index (χ2n) is 5.52. The van der Waals surface area contributed by atoms with Gasteiger partial charge in [-0.05, 0) is 60.6 Å². The fourth-order valence-corrected chi connectivity index (χ4v) is 3.90. The molecule has 3 rings (SSSR count). The van der Waals surface area contributed by atoms with Crippen molar-refractivity contribution in [1.29, 1.82) is 0 Å². The lowest BCUT2D eigenvalue weighted by atomic mass is 10.1. The van der Waals surface area contributed by atoms with Gasteiger partial charge in [0.05, 0.1) is 4.90 Å². The quantitative estimate of drug-likeness (QED) is 0.921. The first-order valence-electron chi connectivity index (χ1n) is 7.41. The second kappa shape index (κ2) is 6.18. The molecular formula is C17H18FNO2S. The predicted molar refractivity (Wildman–Crippen MR) is 83.8 cm³/mol. The first kappa shape index (κ1) is 15.2. The van der Waals surface area contributed by atoms with E-state index in [1.54, 1.807) is 30.3 Å². The number of nitrogens with one attached hydrogen (secondary N) is 1. The number of fused-ring (bicyclic) bond motifs is 1. The molecule has 0 bridgehead atoms. The van der Waals surface area contributed by atoms with Gasteiger partial charge in [-0.2, -0.15) is 0 Å². The molecule has 1 aliphatic rings. The molecule has 0 spiro atoms. The predicted octanol–water partition coefficient (Wildman–Crippen LogP) is 2.84. The summed E-state index contributed by atoms with van der Waals surface area (Å²) in [5.41, 5.74) is 2.88. The van der Waals surface area contributed by atoms with E-state index in [2.05, 4.69) is 4.72 Å². The van der Waals surface area contributed by atoms with Crippen molar-refractivity contribution >= 4 is 10.0 Å². The molecule has 0 fully saturated rings. The van der Waals surface area contributed by atoms with E-state index < -0.39 is 10.0 Å². The molecule has 0 saturated carbocycles. The number of hydrogen-bond donors (Lipinski definition) is 1. The molecule has 0 unspecified atom stereocenters. The van der Waals surface area contributed by atoms with Gasteiger partial charge >= 0.3 is 0 Å². The van der Waals surface area contributed by atoms with Gasteiger partial charge in [0.2, 0.25) is 10.0 Å². The minimum Gasteiger partial charge on any atom is -0.211 e. The third-order valence-corrected chi connectivity index (χ3v) is 5.48. The van der Waals surface area contributed by atoms with E-state index >= 15 is 0 Å². The fourth-order valence-electron chi connectivity index (χ4n) is 2.82. The number of aryl methyl sites for hydroxylation is 2. The van der Waals surface area contributed by atoms with Crippen LogP contribution in [0, 0.1) is 5.82 Å². The Balaban J connectivity index is 1.68. The molecule has 0 heterocycles. The zero-order valence-electron chi connectivity index (χ0n) is 12.2. The Hall–Kier alpha value is -1.72. The van der Waals surface area contributed by atoms with E-state index in [-0.39, 0.29) is 12.4 Å². The van der Waals surface area contributed by atoms with Gasteiger partial charge in [-0.25, -0.2) is 17.5 Å². The highest BCUT2D eigenvalue weighted by Crippen LogP contribution is 2.24. The summed E-state index contributed by atoms with van der Waals surface area (Å²) in [5, 5.41) is 0. The number of hydrogen-bond acceptors (Lipinski definition) is 2. The van der Waals surface area contributed by atoms with Crippen LogP contribution in [-0.2, 0) is 29.3 Å². The van der Waals surface area contributed by atoms with Crippen LogP contribution in [0.2, 0.25) is 0 Å². The molecule has 5 heteroatoms. The van der Waals surface area contributed by atoms with Crippen LogP contribution in [0.5, 0.6) is 0 Å². The number of rotatable bonds is 5. The minimum atomic E-state index is -3.54. The first-order valence-corrected chi connectivity index (χ1v) is 8.89. The maximum Gasteiger partial charge on any atom is 0.240 e. The molecule has 0 aromatic heterocycles. The molecule has 22 heavy (non-hydrogen) atoms. The molecule has 0 aliphatic heterocycles. The summed E-state index contributed by atoms with van der Waals surface area (Å²) >= 11 is 0. The SMILES string of the molecule is O=S(=O)(NCCc1ccccc1F)c1ccc2c(c1)CCC2. The van der Waals surface area contributed by atoms with Crippen molar-refractivity contribution in [3.63, 3.8) is 0 Å². The minimum absolute atomic E-state index is 0.181. The third kappa shape index (κ3) is 3.20. The Kier molecular flexibility index (Phi) is 4.27. The van der Waals surface area contributed by atoms with Gasteiger partial charge in [0.15, 0.2) is 0 Å². The highest BCUT2D eigenvalue weighted by molar-refractivity contribution is 7.89. The van der Waals surface area contributed by atoms with Gasteiger partial charge in [0.25, 0.3) is 0 Å². The summed E-state index contributed by atoms with van der Waals surface area (Å²) in [7, 11) is -3.54. The summed E-state index contributed by atoms with van der Waals surface area (Å²) in [6, 6.07) is 11.7. The van der Waals surface area contributed by atoms with Gasteiger partial charge in [-0.1, -0.05) is 24.3 Å². The first-order chi connectivity index (χ1) is 10.6. The van der Waals surface area contributed by atoms with E-state index in [4.69, 9.17) is 0 Å². The van der Waals surface area contributed by atoms with Crippen molar-refractivity contribution in [2.75, 3.05) is 6.54 Å². The molecule has 0 amide bonds. The molecule has 2 aromatic rings. The monoisotopic (exact) mass is 319 g/mol. The summed E-state index contributed by atoms with van der Waals surface area (Å²) < 4.78 is 40.7. The van der Waals surface area contributed by atoms with Crippen molar-refractivity contribution in [2.45, 2.75) is 30.6 Å². The summed E-state index contributed by atoms with van der Waals surface area (Å²) in [6.45, 7) is 0.181. The molecule has 0 radical (unpaired) electrons. The van der Waals surface area contributed by atoms with Gasteiger partial charge in [0.1, 0.15) is 5.82 Å². The molecule has 116 valence electrons. The number of halogens is 1.